The lowest BCUT2D eigenvalue weighted by Crippen LogP contribution is -2.52. The van der Waals surface area contributed by atoms with Crippen molar-refractivity contribution in [1.82, 2.24) is 0 Å². The van der Waals surface area contributed by atoms with Crippen LogP contribution in [0.25, 0.3) is 76.5 Å². The summed E-state index contributed by atoms with van der Waals surface area (Å²) in [5.41, 5.74) is 7.51. The van der Waals surface area contributed by atoms with Crippen LogP contribution in [0.15, 0.2) is 115 Å². The van der Waals surface area contributed by atoms with Crippen molar-refractivity contribution in [3.8, 4) is 33.4 Å². The lowest BCUT2D eigenvalue weighted by molar-refractivity contribution is 1.63. The first-order valence-corrected chi connectivity index (χ1v) is 15.3. The molecule has 0 N–H and O–H groups in total. The van der Waals surface area contributed by atoms with Crippen LogP contribution in [0.4, 0.5) is 0 Å². The number of hydrogen-bond acceptors (Lipinski definition) is 0. The molecule has 0 saturated heterocycles. The fourth-order valence-electron chi connectivity index (χ4n) is 7.08. The normalized spacial score (nSPS) is 11.6. The van der Waals surface area contributed by atoms with Gasteiger partial charge in [0.2, 0.25) is 0 Å². The topological polar surface area (TPSA) is 0 Å². The van der Waals surface area contributed by atoms with E-state index < -0.39 is 0 Å². The van der Waals surface area contributed by atoms with E-state index in [1.165, 1.54) is 16.3 Å². The molecule has 0 bridgehead atoms. The maximum Gasteiger partial charge on any atom is 0.113 e. The number of benzene rings is 8. The molecule has 8 aromatic carbocycles. The first-order chi connectivity index (χ1) is 22.8. The summed E-state index contributed by atoms with van der Waals surface area (Å²) < 4.78 is 0. The van der Waals surface area contributed by atoms with Crippen LogP contribution in [0, 0.1) is 0 Å². The lowest BCUT2D eigenvalue weighted by Gasteiger charge is -2.27. The smallest absolute Gasteiger partial charge is 0.110 e. The third-order valence-corrected chi connectivity index (χ3v) is 9.47. The van der Waals surface area contributed by atoms with Gasteiger partial charge in [0.1, 0.15) is 54.9 Å². The predicted octanol–water partition coefficient (Wildman–Crippen LogP) is 2.86. The number of fused-ring (bicyclic) bond motifs is 4. The van der Waals surface area contributed by atoms with Gasteiger partial charge in [0.25, 0.3) is 0 Å². The van der Waals surface area contributed by atoms with E-state index in [9.17, 15) is 0 Å². The summed E-state index contributed by atoms with van der Waals surface area (Å²) in [5, 5.41) is 7.41. The van der Waals surface area contributed by atoms with Crippen LogP contribution < -0.4 is 38.2 Å². The minimum absolute atomic E-state index is 0.161. The van der Waals surface area contributed by atoms with Crippen molar-refractivity contribution >= 4 is 136 Å². The zero-order chi connectivity index (χ0) is 32.6. The van der Waals surface area contributed by atoms with Gasteiger partial charge >= 0.3 is 0 Å². The SMILES string of the molecule is [B]c1c([B])c([B])c2c(-c3c4ccccc4c(-c4ccc(-c5ccc6ccccc6c5)cc4)c4ccccc34)c([B])c([B])c([B])c2c1[B]. The Balaban J connectivity index is 1.43. The van der Waals surface area contributed by atoms with Crippen LogP contribution in [0.3, 0.4) is 0 Å². The Morgan fingerprint density at radius 3 is 1.28 bits per heavy atom. The van der Waals surface area contributed by atoms with Crippen LogP contribution in [0.2, 0.25) is 0 Å². The highest BCUT2D eigenvalue weighted by atomic mass is 14.2. The molecule has 0 fully saturated rings. The van der Waals surface area contributed by atoms with Gasteiger partial charge in [0.15, 0.2) is 0 Å². The molecule has 0 nitrogen and oxygen atoms in total. The van der Waals surface area contributed by atoms with Gasteiger partial charge in [-0.05, 0) is 82.5 Å². The van der Waals surface area contributed by atoms with Crippen LogP contribution in [0.1, 0.15) is 0 Å². The van der Waals surface area contributed by atoms with E-state index in [1.807, 2.05) is 24.3 Å². The molecular formula is C40H19B7. The van der Waals surface area contributed by atoms with E-state index in [1.54, 1.807) is 0 Å². The van der Waals surface area contributed by atoms with Crippen molar-refractivity contribution < 1.29 is 0 Å². The van der Waals surface area contributed by atoms with E-state index in [2.05, 4.69) is 91.0 Å². The van der Waals surface area contributed by atoms with Gasteiger partial charge in [0, 0.05) is 0 Å². The zero-order valence-corrected chi connectivity index (χ0v) is 25.5. The van der Waals surface area contributed by atoms with Crippen LogP contribution in [0.5, 0.6) is 0 Å². The molecule has 0 unspecified atom stereocenters. The molecule has 47 heavy (non-hydrogen) atoms. The highest BCUT2D eigenvalue weighted by Gasteiger charge is 2.23. The molecular weight excluding hydrogens is 556 g/mol. The summed E-state index contributed by atoms with van der Waals surface area (Å²) in [5.74, 6) is 0. The molecule has 0 saturated carbocycles. The van der Waals surface area contributed by atoms with Crippen molar-refractivity contribution in [1.29, 1.82) is 0 Å². The molecule has 0 aliphatic rings. The third-order valence-electron chi connectivity index (χ3n) is 9.47. The quantitative estimate of drug-likeness (QED) is 0.225. The van der Waals surface area contributed by atoms with Crippen LogP contribution >= 0.6 is 0 Å². The fourth-order valence-corrected chi connectivity index (χ4v) is 7.08. The summed E-state index contributed by atoms with van der Waals surface area (Å²) in [6, 6.07) is 40.2. The molecule has 0 aromatic heterocycles. The molecule has 14 radical (unpaired) electrons. The zero-order valence-electron chi connectivity index (χ0n) is 25.5. The van der Waals surface area contributed by atoms with Crippen LogP contribution in [-0.4, -0.2) is 54.9 Å². The van der Waals surface area contributed by atoms with Crippen molar-refractivity contribution in [3.05, 3.63) is 115 Å². The molecule has 0 heterocycles. The first-order valence-electron chi connectivity index (χ1n) is 15.3. The highest BCUT2D eigenvalue weighted by molar-refractivity contribution is 6.72. The molecule has 200 valence electrons. The highest BCUT2D eigenvalue weighted by Crippen LogP contribution is 2.44. The number of rotatable bonds is 3. The molecule has 0 aliphatic heterocycles. The number of hydrogen-bond donors (Lipinski definition) is 0. The summed E-state index contributed by atoms with van der Waals surface area (Å²) in [7, 11) is 45.9. The molecule has 0 aliphatic carbocycles. The first kappa shape index (κ1) is 29.6. The minimum Gasteiger partial charge on any atom is -0.110 e. The largest absolute Gasteiger partial charge is 0.113 e. The van der Waals surface area contributed by atoms with E-state index in [0.717, 1.165) is 43.8 Å². The van der Waals surface area contributed by atoms with Crippen molar-refractivity contribution in [2.45, 2.75) is 0 Å². The monoisotopic (exact) mass is 576 g/mol. The lowest BCUT2D eigenvalue weighted by atomic mass is 9.58. The Labute approximate surface area is 283 Å². The Bertz CT molecular complexity index is 2520. The average Bonchev–Trinajstić information content (AvgIpc) is 3.11. The van der Waals surface area contributed by atoms with Gasteiger partial charge < -0.3 is 0 Å². The van der Waals surface area contributed by atoms with Gasteiger partial charge in [-0.3, -0.25) is 0 Å². The molecule has 0 spiro atoms. The van der Waals surface area contributed by atoms with Crippen molar-refractivity contribution in [2.75, 3.05) is 0 Å². The maximum atomic E-state index is 6.85. The van der Waals surface area contributed by atoms with E-state index in [0.29, 0.717) is 21.8 Å². The Hall–Kier alpha value is -4.75. The molecule has 8 aromatic rings. The Morgan fingerprint density at radius 1 is 0.277 bits per heavy atom. The Kier molecular flexibility index (Phi) is 7.06. The maximum absolute atomic E-state index is 6.85. The molecule has 7 heteroatoms. The summed E-state index contributed by atoms with van der Waals surface area (Å²) in [6.45, 7) is 0. The van der Waals surface area contributed by atoms with Gasteiger partial charge in [-0.25, -0.2) is 0 Å². The average molecular weight is 575 g/mol. The predicted molar refractivity (Wildman–Crippen MR) is 210 cm³/mol. The van der Waals surface area contributed by atoms with Crippen LogP contribution in [-0.2, 0) is 0 Å². The van der Waals surface area contributed by atoms with Gasteiger partial charge in [-0.1, -0.05) is 131 Å². The minimum atomic E-state index is 0.161. The Morgan fingerprint density at radius 2 is 0.702 bits per heavy atom. The standard InChI is InChI=1S/C40H19B7/c41-34-31(32-33(36(43)38(34)45)37(44)40(47)39(46)35(32)42)30-27-11-5-3-9-25(27)29(26-10-4-6-12-28(26)30)22-16-13-21(14-17-22)24-18-15-20-7-1-2-8-23(20)19-24/h1-19H. The second kappa shape index (κ2) is 11.2. The summed E-state index contributed by atoms with van der Waals surface area (Å²) in [4.78, 5) is 0. The fraction of sp³-hybridized carbons (Fsp3) is 0. The van der Waals surface area contributed by atoms with E-state index in [4.69, 9.17) is 54.9 Å². The summed E-state index contributed by atoms with van der Waals surface area (Å²) in [6.07, 6.45) is 0. The van der Waals surface area contributed by atoms with Crippen molar-refractivity contribution in [3.63, 3.8) is 0 Å². The third kappa shape index (κ3) is 4.47. The van der Waals surface area contributed by atoms with Crippen molar-refractivity contribution in [2.24, 2.45) is 0 Å². The molecule has 0 atom stereocenters. The van der Waals surface area contributed by atoms with Gasteiger partial charge in [-0.15, -0.1) is 16.4 Å². The second-order valence-electron chi connectivity index (χ2n) is 12.0. The van der Waals surface area contributed by atoms with E-state index >= 15 is 0 Å². The van der Waals surface area contributed by atoms with E-state index in [-0.39, 0.29) is 32.8 Å². The molecule has 0 amide bonds. The van der Waals surface area contributed by atoms with Gasteiger partial charge in [0.05, 0.1) is 0 Å². The summed E-state index contributed by atoms with van der Waals surface area (Å²) >= 11 is 0. The second-order valence-corrected chi connectivity index (χ2v) is 12.0. The molecule has 8 rings (SSSR count). The van der Waals surface area contributed by atoms with Gasteiger partial charge in [-0.2, -0.15) is 0 Å².